The zero-order valence-corrected chi connectivity index (χ0v) is 8.68. The third-order valence-electron chi connectivity index (χ3n) is 2.34. The lowest BCUT2D eigenvalue weighted by Crippen LogP contribution is -2.42. The molecular formula is C7H17N3O2S. The van der Waals surface area contributed by atoms with E-state index in [-0.39, 0.29) is 6.04 Å². The highest BCUT2D eigenvalue weighted by atomic mass is 32.2. The minimum absolute atomic E-state index is 0.237. The molecule has 0 amide bonds. The lowest BCUT2D eigenvalue weighted by atomic mass is 10.3. The van der Waals surface area contributed by atoms with Crippen LogP contribution >= 0.6 is 0 Å². The van der Waals surface area contributed by atoms with Gasteiger partial charge in [-0.2, -0.15) is 8.42 Å². The molecule has 1 aliphatic heterocycles. The van der Waals surface area contributed by atoms with Crippen LogP contribution < -0.4 is 9.86 Å². The highest BCUT2D eigenvalue weighted by molar-refractivity contribution is 7.87. The second-order valence-electron chi connectivity index (χ2n) is 3.49. The van der Waals surface area contributed by atoms with Gasteiger partial charge < -0.3 is 0 Å². The normalized spacial score (nSPS) is 22.0. The zero-order valence-electron chi connectivity index (χ0n) is 7.86. The van der Waals surface area contributed by atoms with Crippen molar-refractivity contribution in [3.05, 3.63) is 0 Å². The van der Waals surface area contributed by atoms with Crippen LogP contribution in [-0.2, 0) is 10.2 Å². The molecule has 0 aromatic rings. The summed E-state index contributed by atoms with van der Waals surface area (Å²) < 4.78 is 23.5. The lowest BCUT2D eigenvalue weighted by molar-refractivity contribution is 0.260. The number of nitrogens with zero attached hydrogens (tertiary/aromatic N) is 1. The van der Waals surface area contributed by atoms with Gasteiger partial charge in [0.2, 0.25) is 0 Å². The van der Waals surface area contributed by atoms with Crippen molar-refractivity contribution in [3.63, 3.8) is 0 Å². The Morgan fingerprint density at radius 2 is 2.00 bits per heavy atom. The summed E-state index contributed by atoms with van der Waals surface area (Å²) in [6, 6.07) is 0.237. The maximum absolute atomic E-state index is 10.6. The predicted octanol–water partition coefficient (Wildman–Crippen LogP) is -0.736. The summed E-state index contributed by atoms with van der Waals surface area (Å²) in [5.41, 5.74) is 0. The quantitative estimate of drug-likeness (QED) is 0.638. The summed E-state index contributed by atoms with van der Waals surface area (Å²) in [5, 5.41) is 4.83. The average Bonchev–Trinajstić information content (AvgIpc) is 2.50. The first-order valence-corrected chi connectivity index (χ1v) is 6.05. The van der Waals surface area contributed by atoms with Gasteiger partial charge in [-0.3, -0.25) is 4.90 Å². The molecule has 1 heterocycles. The topological polar surface area (TPSA) is 75.4 Å². The van der Waals surface area contributed by atoms with E-state index in [9.17, 15) is 8.42 Å². The maximum Gasteiger partial charge on any atom is 0.274 e. The molecule has 1 rings (SSSR count). The highest BCUT2D eigenvalue weighted by Crippen LogP contribution is 2.10. The van der Waals surface area contributed by atoms with Gasteiger partial charge in [0, 0.05) is 12.6 Å². The number of nitrogens with one attached hydrogen (secondary N) is 1. The molecule has 1 aliphatic rings. The van der Waals surface area contributed by atoms with Gasteiger partial charge >= 0.3 is 0 Å². The van der Waals surface area contributed by atoms with Crippen molar-refractivity contribution in [1.82, 2.24) is 9.62 Å². The van der Waals surface area contributed by atoms with Crippen molar-refractivity contribution in [3.8, 4) is 0 Å². The SMILES string of the molecule is CC(CNS(N)(=O)=O)N1CCCC1. The van der Waals surface area contributed by atoms with Crippen molar-refractivity contribution < 1.29 is 8.42 Å². The second-order valence-corrected chi connectivity index (χ2v) is 4.86. The van der Waals surface area contributed by atoms with E-state index in [0.717, 1.165) is 13.1 Å². The molecule has 0 aromatic heterocycles. The molecule has 6 heteroatoms. The largest absolute Gasteiger partial charge is 0.299 e. The number of hydrogen-bond donors (Lipinski definition) is 2. The Morgan fingerprint density at radius 3 is 2.46 bits per heavy atom. The van der Waals surface area contributed by atoms with Gasteiger partial charge in [0.05, 0.1) is 0 Å². The van der Waals surface area contributed by atoms with Crippen LogP contribution in [0.3, 0.4) is 0 Å². The van der Waals surface area contributed by atoms with Crippen molar-refractivity contribution in [2.24, 2.45) is 5.14 Å². The molecule has 1 atom stereocenters. The molecule has 0 bridgehead atoms. The maximum atomic E-state index is 10.6. The predicted molar refractivity (Wildman–Crippen MR) is 51.4 cm³/mol. The number of nitrogens with two attached hydrogens (primary N) is 1. The number of rotatable bonds is 4. The van der Waals surface area contributed by atoms with Gasteiger partial charge in [-0.1, -0.05) is 0 Å². The van der Waals surface area contributed by atoms with Crippen LogP contribution in [0.2, 0.25) is 0 Å². The van der Waals surface area contributed by atoms with Crippen LogP contribution in [0.15, 0.2) is 0 Å². The van der Waals surface area contributed by atoms with Gasteiger partial charge in [-0.15, -0.1) is 0 Å². The molecule has 3 N–H and O–H groups in total. The Balaban J connectivity index is 2.28. The van der Waals surface area contributed by atoms with E-state index in [4.69, 9.17) is 5.14 Å². The van der Waals surface area contributed by atoms with Gasteiger partial charge in [0.15, 0.2) is 0 Å². The van der Waals surface area contributed by atoms with E-state index in [1.165, 1.54) is 12.8 Å². The molecule has 0 aromatic carbocycles. The first kappa shape index (κ1) is 10.9. The van der Waals surface area contributed by atoms with Crippen LogP contribution in [0.4, 0.5) is 0 Å². The molecule has 1 unspecified atom stereocenters. The van der Waals surface area contributed by atoms with Crippen LogP contribution in [-0.4, -0.2) is 39.0 Å². The molecule has 78 valence electrons. The van der Waals surface area contributed by atoms with Crippen LogP contribution in [0.25, 0.3) is 0 Å². The zero-order chi connectivity index (χ0) is 9.90. The summed E-state index contributed by atoms with van der Waals surface area (Å²) in [6.45, 7) is 4.53. The molecule has 0 radical (unpaired) electrons. The molecule has 1 fully saturated rings. The average molecular weight is 207 g/mol. The first-order valence-electron chi connectivity index (χ1n) is 4.50. The highest BCUT2D eigenvalue weighted by Gasteiger charge is 2.18. The molecule has 0 aliphatic carbocycles. The lowest BCUT2D eigenvalue weighted by Gasteiger charge is -2.23. The third-order valence-corrected chi connectivity index (χ3v) is 2.91. The van der Waals surface area contributed by atoms with E-state index in [1.807, 2.05) is 6.92 Å². The summed E-state index contributed by atoms with van der Waals surface area (Å²) in [7, 11) is -3.53. The Bertz CT molecular complexity index is 246. The summed E-state index contributed by atoms with van der Waals surface area (Å²) in [4.78, 5) is 2.26. The molecule has 0 spiro atoms. The fourth-order valence-corrected chi connectivity index (χ4v) is 2.02. The summed E-state index contributed by atoms with van der Waals surface area (Å²) >= 11 is 0. The first-order chi connectivity index (χ1) is 5.99. The standard InChI is InChI=1S/C7H17N3O2S/c1-7(6-9-13(8,11)12)10-4-2-3-5-10/h7,9H,2-6H2,1H3,(H2,8,11,12). The van der Waals surface area contributed by atoms with Crippen molar-refractivity contribution >= 4 is 10.2 Å². The van der Waals surface area contributed by atoms with Gasteiger partial charge in [0.1, 0.15) is 0 Å². The van der Waals surface area contributed by atoms with Gasteiger partial charge in [-0.25, -0.2) is 9.86 Å². The Labute approximate surface area is 79.5 Å². The number of likely N-dealkylation sites (tertiary alicyclic amines) is 1. The molecule has 1 saturated heterocycles. The summed E-state index contributed by atoms with van der Waals surface area (Å²) in [5.74, 6) is 0. The van der Waals surface area contributed by atoms with Crippen LogP contribution in [0, 0.1) is 0 Å². The van der Waals surface area contributed by atoms with E-state index in [0.29, 0.717) is 6.54 Å². The minimum Gasteiger partial charge on any atom is -0.299 e. The van der Waals surface area contributed by atoms with E-state index >= 15 is 0 Å². The van der Waals surface area contributed by atoms with E-state index in [2.05, 4.69) is 9.62 Å². The molecular weight excluding hydrogens is 190 g/mol. The smallest absolute Gasteiger partial charge is 0.274 e. The van der Waals surface area contributed by atoms with Crippen LogP contribution in [0.5, 0.6) is 0 Å². The second kappa shape index (κ2) is 4.36. The Morgan fingerprint density at radius 1 is 1.46 bits per heavy atom. The van der Waals surface area contributed by atoms with E-state index < -0.39 is 10.2 Å². The Hall–Kier alpha value is -0.170. The third kappa shape index (κ3) is 4.04. The molecule has 13 heavy (non-hydrogen) atoms. The summed E-state index contributed by atoms with van der Waals surface area (Å²) in [6.07, 6.45) is 2.42. The molecule has 0 saturated carbocycles. The van der Waals surface area contributed by atoms with Crippen molar-refractivity contribution in [2.45, 2.75) is 25.8 Å². The van der Waals surface area contributed by atoms with Gasteiger partial charge in [0.25, 0.3) is 10.2 Å². The van der Waals surface area contributed by atoms with Crippen molar-refractivity contribution in [1.29, 1.82) is 0 Å². The fraction of sp³-hybridized carbons (Fsp3) is 1.00. The van der Waals surface area contributed by atoms with Gasteiger partial charge in [-0.05, 0) is 32.9 Å². The van der Waals surface area contributed by atoms with E-state index in [1.54, 1.807) is 0 Å². The fourth-order valence-electron chi connectivity index (χ4n) is 1.55. The van der Waals surface area contributed by atoms with Crippen molar-refractivity contribution in [2.75, 3.05) is 19.6 Å². The monoisotopic (exact) mass is 207 g/mol. The minimum atomic E-state index is -3.53. The Kier molecular flexibility index (Phi) is 3.66. The van der Waals surface area contributed by atoms with Crippen LogP contribution in [0.1, 0.15) is 19.8 Å². The number of hydrogen-bond acceptors (Lipinski definition) is 3. The molecule has 5 nitrogen and oxygen atoms in total.